The first-order valence-corrected chi connectivity index (χ1v) is 12.8. The Bertz CT molecular complexity index is 1610. The van der Waals surface area contributed by atoms with Gasteiger partial charge in [0.2, 0.25) is 0 Å². The highest BCUT2D eigenvalue weighted by Crippen LogP contribution is 2.40. The van der Waals surface area contributed by atoms with E-state index >= 15 is 0 Å². The van der Waals surface area contributed by atoms with Crippen molar-refractivity contribution in [3.63, 3.8) is 0 Å². The summed E-state index contributed by atoms with van der Waals surface area (Å²) in [5.74, 6) is 1.88. The lowest BCUT2D eigenvalue weighted by Gasteiger charge is -2.38. The van der Waals surface area contributed by atoms with Crippen LogP contribution in [-0.2, 0) is 6.42 Å². The molecule has 1 atom stereocenters. The molecule has 8 nitrogen and oxygen atoms in total. The molecule has 1 aliphatic heterocycles. The predicted octanol–water partition coefficient (Wildman–Crippen LogP) is 5.60. The number of carbonyl (C=O) groups is 1. The summed E-state index contributed by atoms with van der Waals surface area (Å²) >= 11 is 6.25. The van der Waals surface area contributed by atoms with Gasteiger partial charge in [-0.2, -0.15) is 0 Å². The van der Waals surface area contributed by atoms with E-state index in [-0.39, 0.29) is 12.5 Å². The second kappa shape index (κ2) is 10.9. The van der Waals surface area contributed by atoms with Crippen LogP contribution in [0.5, 0.6) is 23.0 Å². The first-order valence-electron chi connectivity index (χ1n) is 12.4. The summed E-state index contributed by atoms with van der Waals surface area (Å²) in [7, 11) is 4.68. The van der Waals surface area contributed by atoms with Crippen molar-refractivity contribution in [2.45, 2.75) is 19.4 Å². The van der Waals surface area contributed by atoms with E-state index in [0.29, 0.717) is 52.1 Å². The quantitative estimate of drug-likeness (QED) is 0.277. The van der Waals surface area contributed by atoms with Crippen LogP contribution in [0.3, 0.4) is 0 Å². The second-order valence-corrected chi connectivity index (χ2v) is 9.67. The number of hydrogen-bond donors (Lipinski definition) is 0. The molecule has 0 spiro atoms. The molecule has 0 unspecified atom stereocenters. The number of halogens is 1. The predicted molar refractivity (Wildman–Crippen MR) is 148 cm³/mol. The third-order valence-corrected chi connectivity index (χ3v) is 7.22. The summed E-state index contributed by atoms with van der Waals surface area (Å²) in [6.45, 7) is 2.43. The van der Waals surface area contributed by atoms with Gasteiger partial charge >= 0.3 is 5.63 Å². The Labute approximate surface area is 230 Å². The summed E-state index contributed by atoms with van der Waals surface area (Å²) in [6, 6.07) is 15.1. The van der Waals surface area contributed by atoms with Gasteiger partial charge in [-0.1, -0.05) is 11.6 Å². The lowest BCUT2D eigenvalue weighted by molar-refractivity contribution is 0.0586. The molecule has 0 fully saturated rings. The summed E-state index contributed by atoms with van der Waals surface area (Å²) in [5, 5.41) is 1.26. The fourth-order valence-electron chi connectivity index (χ4n) is 5.02. The van der Waals surface area contributed by atoms with E-state index in [1.165, 1.54) is 13.2 Å². The fourth-order valence-corrected chi connectivity index (χ4v) is 5.20. The van der Waals surface area contributed by atoms with Crippen LogP contribution < -0.4 is 24.6 Å². The van der Waals surface area contributed by atoms with Crippen molar-refractivity contribution >= 4 is 28.5 Å². The Morgan fingerprint density at radius 2 is 1.72 bits per heavy atom. The minimum Gasteiger partial charge on any atom is -0.496 e. The minimum atomic E-state index is -0.468. The number of nitrogens with zero attached hydrogens (tertiary/aromatic N) is 1. The first kappa shape index (κ1) is 26.4. The van der Waals surface area contributed by atoms with Crippen molar-refractivity contribution in [2.75, 3.05) is 34.5 Å². The maximum Gasteiger partial charge on any atom is 0.336 e. The molecule has 0 N–H and O–H groups in total. The van der Waals surface area contributed by atoms with E-state index in [1.807, 2.05) is 31.2 Å². The fraction of sp³-hybridized carbons (Fsp3) is 0.267. The van der Waals surface area contributed by atoms with Gasteiger partial charge in [-0.15, -0.1) is 0 Å². The number of aryl methyl sites for hydroxylation is 1. The second-order valence-electron chi connectivity index (χ2n) is 9.23. The molecule has 0 bridgehead atoms. The van der Waals surface area contributed by atoms with Crippen molar-refractivity contribution in [2.24, 2.45) is 0 Å². The normalized spacial score (nSPS) is 14.6. The molecular formula is C30H28ClNO7. The molecule has 1 aliphatic rings. The minimum absolute atomic E-state index is 0.138. The van der Waals surface area contributed by atoms with Crippen molar-refractivity contribution in [1.29, 1.82) is 0 Å². The molecule has 39 heavy (non-hydrogen) atoms. The van der Waals surface area contributed by atoms with Crippen LogP contribution in [0.1, 0.15) is 33.1 Å². The Hall–Kier alpha value is -4.17. The molecule has 2 heterocycles. The number of hydrogen-bond acceptors (Lipinski definition) is 7. The monoisotopic (exact) mass is 549 g/mol. The van der Waals surface area contributed by atoms with E-state index < -0.39 is 11.7 Å². The SMILES string of the molecule is COc1cc2c(cc1OC)[C@@H](COc1ccc3c(C)cc(=O)oc3c1)N(C(=O)c1cc(Cl)ccc1OC)CC2. The van der Waals surface area contributed by atoms with Gasteiger partial charge < -0.3 is 28.3 Å². The molecule has 9 heteroatoms. The highest BCUT2D eigenvalue weighted by atomic mass is 35.5. The summed E-state index contributed by atoms with van der Waals surface area (Å²) in [5.41, 5.74) is 3.11. The molecular weight excluding hydrogens is 522 g/mol. The Balaban J connectivity index is 1.54. The number of amides is 1. The smallest absolute Gasteiger partial charge is 0.336 e. The molecule has 3 aromatic carbocycles. The molecule has 4 aromatic rings. The van der Waals surface area contributed by atoms with Gasteiger partial charge in [0, 0.05) is 29.1 Å². The molecule has 0 aliphatic carbocycles. The topological polar surface area (TPSA) is 87.4 Å². The lowest BCUT2D eigenvalue weighted by Crippen LogP contribution is -2.42. The maximum absolute atomic E-state index is 13.9. The average molecular weight is 550 g/mol. The molecule has 0 saturated carbocycles. The number of benzene rings is 3. The molecule has 0 radical (unpaired) electrons. The molecule has 1 amide bonds. The van der Waals surface area contributed by atoms with Crippen molar-refractivity contribution in [1.82, 2.24) is 4.90 Å². The van der Waals surface area contributed by atoms with Crippen LogP contribution in [0.2, 0.25) is 5.02 Å². The van der Waals surface area contributed by atoms with E-state index in [9.17, 15) is 9.59 Å². The standard InChI is InChI=1S/C30H28ClNO7/c1-17-11-29(33)39-26-14-20(6-7-21(17)26)38-16-24-22-15-28(37-4)27(36-3)12-18(22)9-10-32(24)30(34)23-13-19(31)5-8-25(23)35-2/h5-8,11-15,24H,9-10,16H2,1-4H3/t24-/m1/s1. The highest BCUT2D eigenvalue weighted by molar-refractivity contribution is 6.31. The summed E-state index contributed by atoms with van der Waals surface area (Å²) in [4.78, 5) is 27.6. The zero-order valence-electron chi connectivity index (χ0n) is 22.1. The van der Waals surface area contributed by atoms with Crippen molar-refractivity contribution in [3.8, 4) is 23.0 Å². The Morgan fingerprint density at radius 3 is 2.46 bits per heavy atom. The third kappa shape index (κ3) is 5.12. The maximum atomic E-state index is 13.9. The Kier molecular flexibility index (Phi) is 7.39. The van der Waals surface area contributed by atoms with E-state index in [1.54, 1.807) is 43.4 Å². The number of rotatable bonds is 7. The van der Waals surface area contributed by atoms with Gasteiger partial charge in [0.1, 0.15) is 23.7 Å². The van der Waals surface area contributed by atoms with Crippen LogP contribution in [0, 0.1) is 6.92 Å². The molecule has 1 aromatic heterocycles. The molecule has 5 rings (SSSR count). The van der Waals surface area contributed by atoms with Gasteiger partial charge in [-0.25, -0.2) is 4.79 Å². The zero-order valence-corrected chi connectivity index (χ0v) is 22.8. The van der Waals surface area contributed by atoms with Crippen molar-refractivity contribution in [3.05, 3.63) is 92.3 Å². The average Bonchev–Trinajstić information content (AvgIpc) is 2.94. The molecule has 202 valence electrons. The number of fused-ring (bicyclic) bond motifs is 2. The number of methoxy groups -OCH3 is 3. The molecule has 0 saturated heterocycles. The zero-order chi connectivity index (χ0) is 27.7. The van der Waals surface area contributed by atoms with E-state index in [2.05, 4.69) is 0 Å². The highest BCUT2D eigenvalue weighted by Gasteiger charge is 2.34. The van der Waals surface area contributed by atoms with Crippen LogP contribution in [0.25, 0.3) is 11.0 Å². The van der Waals surface area contributed by atoms with E-state index in [0.717, 1.165) is 22.1 Å². The Morgan fingerprint density at radius 1 is 0.974 bits per heavy atom. The largest absolute Gasteiger partial charge is 0.496 e. The van der Waals surface area contributed by atoms with E-state index in [4.69, 9.17) is 35.0 Å². The first-order chi connectivity index (χ1) is 18.8. The summed E-state index contributed by atoms with van der Waals surface area (Å²) < 4.78 is 28.2. The number of ether oxygens (including phenoxy) is 4. The number of carbonyl (C=O) groups excluding carboxylic acids is 1. The van der Waals surface area contributed by atoms with Crippen molar-refractivity contribution < 1.29 is 28.2 Å². The third-order valence-electron chi connectivity index (χ3n) is 6.99. The van der Waals surface area contributed by atoms with Gasteiger partial charge in [0.05, 0.1) is 32.9 Å². The lowest BCUT2D eigenvalue weighted by atomic mass is 9.91. The van der Waals surface area contributed by atoms with Gasteiger partial charge in [-0.3, -0.25) is 4.79 Å². The van der Waals surface area contributed by atoms with Gasteiger partial charge in [0.25, 0.3) is 5.91 Å². The van der Waals surface area contributed by atoms with Crippen LogP contribution in [-0.4, -0.2) is 45.3 Å². The van der Waals surface area contributed by atoms with Gasteiger partial charge in [0.15, 0.2) is 11.5 Å². The van der Waals surface area contributed by atoms with Crippen LogP contribution in [0.15, 0.2) is 63.8 Å². The van der Waals surface area contributed by atoms with Crippen LogP contribution >= 0.6 is 11.6 Å². The van der Waals surface area contributed by atoms with Gasteiger partial charge in [-0.05, 0) is 72.5 Å². The van der Waals surface area contributed by atoms with Crippen LogP contribution in [0.4, 0.5) is 0 Å². The summed E-state index contributed by atoms with van der Waals surface area (Å²) in [6.07, 6.45) is 0.612.